The zero-order valence-electron chi connectivity index (χ0n) is 9.82. The van der Waals surface area contributed by atoms with E-state index in [9.17, 15) is 0 Å². The second-order valence-corrected chi connectivity index (χ2v) is 4.59. The van der Waals surface area contributed by atoms with Crippen LogP contribution >= 0.6 is 11.6 Å². The van der Waals surface area contributed by atoms with Gasteiger partial charge >= 0.3 is 0 Å². The lowest BCUT2D eigenvalue weighted by atomic mass is 10.0. The van der Waals surface area contributed by atoms with Crippen LogP contribution in [0.5, 0.6) is 0 Å². The predicted octanol–water partition coefficient (Wildman–Crippen LogP) is 3.31. The van der Waals surface area contributed by atoms with Gasteiger partial charge < -0.3 is 9.73 Å². The molecular formula is C14H16ClNO. The van der Waals surface area contributed by atoms with Gasteiger partial charge in [0.2, 0.25) is 0 Å². The molecule has 1 aromatic carbocycles. The number of hydrogen-bond acceptors (Lipinski definition) is 2. The minimum atomic E-state index is 0.395. The van der Waals surface area contributed by atoms with Gasteiger partial charge in [0.15, 0.2) is 0 Å². The van der Waals surface area contributed by atoms with E-state index in [1.807, 2.05) is 31.3 Å². The lowest BCUT2D eigenvalue weighted by Gasteiger charge is -2.15. The smallest absolute Gasteiger partial charge is 0.0935 e. The largest absolute Gasteiger partial charge is 0.472 e. The molecule has 1 N–H and O–H groups in total. The molecule has 1 aromatic heterocycles. The van der Waals surface area contributed by atoms with Crippen molar-refractivity contribution in [3.63, 3.8) is 0 Å². The lowest BCUT2D eigenvalue weighted by molar-refractivity contribution is 0.538. The van der Waals surface area contributed by atoms with Gasteiger partial charge in [-0.15, -0.1) is 0 Å². The summed E-state index contributed by atoms with van der Waals surface area (Å²) in [6.07, 6.45) is 5.42. The molecule has 1 unspecified atom stereocenters. The van der Waals surface area contributed by atoms with E-state index in [4.69, 9.17) is 16.0 Å². The quantitative estimate of drug-likeness (QED) is 0.880. The van der Waals surface area contributed by atoms with Crippen molar-refractivity contribution in [2.75, 3.05) is 7.05 Å². The van der Waals surface area contributed by atoms with Crippen LogP contribution in [-0.4, -0.2) is 13.1 Å². The summed E-state index contributed by atoms with van der Waals surface area (Å²) in [4.78, 5) is 0. The Morgan fingerprint density at radius 3 is 2.71 bits per heavy atom. The zero-order chi connectivity index (χ0) is 12.1. The van der Waals surface area contributed by atoms with Gasteiger partial charge in [0.05, 0.1) is 12.5 Å². The van der Waals surface area contributed by atoms with Gasteiger partial charge in [-0.25, -0.2) is 0 Å². The summed E-state index contributed by atoms with van der Waals surface area (Å²) in [5.41, 5.74) is 2.46. The summed E-state index contributed by atoms with van der Waals surface area (Å²) >= 11 is 5.98. The van der Waals surface area contributed by atoms with Crippen molar-refractivity contribution in [2.45, 2.75) is 18.9 Å². The molecule has 0 saturated carbocycles. The summed E-state index contributed by atoms with van der Waals surface area (Å²) in [6.45, 7) is 0. The van der Waals surface area contributed by atoms with Gasteiger partial charge in [0, 0.05) is 11.1 Å². The Labute approximate surface area is 107 Å². The summed E-state index contributed by atoms with van der Waals surface area (Å²) < 4.78 is 5.08. The molecule has 2 rings (SSSR count). The first kappa shape index (κ1) is 12.2. The Bertz CT molecular complexity index is 453. The van der Waals surface area contributed by atoms with Gasteiger partial charge in [0.1, 0.15) is 0 Å². The Kier molecular flexibility index (Phi) is 4.24. The molecule has 1 atom stereocenters. The molecule has 0 spiro atoms. The Morgan fingerprint density at radius 1 is 1.24 bits per heavy atom. The van der Waals surface area contributed by atoms with E-state index in [2.05, 4.69) is 11.4 Å². The van der Waals surface area contributed by atoms with Crippen molar-refractivity contribution in [3.8, 4) is 0 Å². The molecule has 0 saturated heterocycles. The van der Waals surface area contributed by atoms with Gasteiger partial charge in [0.25, 0.3) is 0 Å². The summed E-state index contributed by atoms with van der Waals surface area (Å²) in [5.74, 6) is 0. The van der Waals surface area contributed by atoms with Gasteiger partial charge in [-0.1, -0.05) is 23.7 Å². The molecule has 0 fully saturated rings. The first-order chi connectivity index (χ1) is 8.28. The van der Waals surface area contributed by atoms with Crippen molar-refractivity contribution in [1.29, 1.82) is 0 Å². The van der Waals surface area contributed by atoms with Gasteiger partial charge in [-0.3, -0.25) is 0 Å². The molecule has 2 nitrogen and oxygen atoms in total. The van der Waals surface area contributed by atoms with E-state index in [1.165, 1.54) is 11.1 Å². The van der Waals surface area contributed by atoms with Crippen LogP contribution in [-0.2, 0) is 12.8 Å². The third-order valence-corrected chi connectivity index (χ3v) is 3.08. The molecule has 0 amide bonds. The SMILES string of the molecule is CNC(Cc1ccoc1)Cc1cccc(Cl)c1. The first-order valence-corrected chi connectivity index (χ1v) is 6.08. The van der Waals surface area contributed by atoms with E-state index in [1.54, 1.807) is 12.5 Å². The molecule has 2 aromatic rings. The van der Waals surface area contributed by atoms with Crippen LogP contribution in [0.2, 0.25) is 5.02 Å². The molecule has 3 heteroatoms. The number of hydrogen-bond donors (Lipinski definition) is 1. The van der Waals surface area contributed by atoms with Crippen LogP contribution in [0.25, 0.3) is 0 Å². The normalized spacial score (nSPS) is 12.6. The third-order valence-electron chi connectivity index (χ3n) is 2.84. The van der Waals surface area contributed by atoms with Crippen LogP contribution in [0.15, 0.2) is 47.3 Å². The lowest BCUT2D eigenvalue weighted by Crippen LogP contribution is -2.29. The zero-order valence-corrected chi connectivity index (χ0v) is 10.6. The highest BCUT2D eigenvalue weighted by molar-refractivity contribution is 6.30. The van der Waals surface area contributed by atoms with Crippen molar-refractivity contribution >= 4 is 11.6 Å². The summed E-state index contributed by atoms with van der Waals surface area (Å²) in [7, 11) is 1.98. The predicted molar refractivity (Wildman–Crippen MR) is 70.4 cm³/mol. The number of likely N-dealkylation sites (N-methyl/N-ethyl adjacent to an activating group) is 1. The average molecular weight is 250 g/mol. The van der Waals surface area contributed by atoms with Gasteiger partial charge in [-0.05, 0) is 49.2 Å². The molecule has 90 valence electrons. The highest BCUT2D eigenvalue weighted by atomic mass is 35.5. The maximum Gasteiger partial charge on any atom is 0.0935 e. The second-order valence-electron chi connectivity index (χ2n) is 4.16. The van der Waals surface area contributed by atoms with Crippen LogP contribution in [0.1, 0.15) is 11.1 Å². The fourth-order valence-corrected chi connectivity index (χ4v) is 2.13. The number of halogens is 1. The second kappa shape index (κ2) is 5.89. The van der Waals surface area contributed by atoms with Crippen LogP contribution in [0, 0.1) is 0 Å². The maximum atomic E-state index is 5.98. The average Bonchev–Trinajstić information content (AvgIpc) is 2.81. The number of furan rings is 1. The number of nitrogens with one attached hydrogen (secondary N) is 1. The number of rotatable bonds is 5. The highest BCUT2D eigenvalue weighted by Gasteiger charge is 2.09. The highest BCUT2D eigenvalue weighted by Crippen LogP contribution is 2.14. The Morgan fingerprint density at radius 2 is 2.06 bits per heavy atom. The van der Waals surface area contributed by atoms with Crippen molar-refractivity contribution in [2.24, 2.45) is 0 Å². The van der Waals surface area contributed by atoms with Crippen LogP contribution in [0.4, 0.5) is 0 Å². The van der Waals surface area contributed by atoms with Crippen molar-refractivity contribution in [3.05, 3.63) is 59.0 Å². The van der Waals surface area contributed by atoms with E-state index in [0.717, 1.165) is 17.9 Å². The monoisotopic (exact) mass is 249 g/mol. The Hall–Kier alpha value is -1.25. The minimum absolute atomic E-state index is 0.395. The van der Waals surface area contributed by atoms with Gasteiger partial charge in [-0.2, -0.15) is 0 Å². The van der Waals surface area contributed by atoms with Crippen LogP contribution in [0.3, 0.4) is 0 Å². The molecule has 0 aliphatic rings. The molecule has 0 radical (unpaired) electrons. The maximum absolute atomic E-state index is 5.98. The minimum Gasteiger partial charge on any atom is -0.472 e. The summed E-state index contributed by atoms with van der Waals surface area (Å²) in [5, 5.41) is 4.12. The van der Waals surface area contributed by atoms with E-state index in [-0.39, 0.29) is 0 Å². The third kappa shape index (κ3) is 3.62. The number of benzene rings is 1. The standard InChI is InChI=1S/C14H16ClNO/c1-16-14(9-12-5-6-17-10-12)8-11-3-2-4-13(15)7-11/h2-7,10,14,16H,8-9H2,1H3. The van der Waals surface area contributed by atoms with Crippen LogP contribution < -0.4 is 5.32 Å². The molecule has 0 bridgehead atoms. The van der Waals surface area contributed by atoms with E-state index < -0.39 is 0 Å². The fraction of sp³-hybridized carbons (Fsp3) is 0.286. The first-order valence-electron chi connectivity index (χ1n) is 5.70. The molecule has 17 heavy (non-hydrogen) atoms. The van der Waals surface area contributed by atoms with Crippen molar-refractivity contribution in [1.82, 2.24) is 5.32 Å². The molecule has 0 aliphatic heterocycles. The van der Waals surface area contributed by atoms with E-state index in [0.29, 0.717) is 6.04 Å². The Balaban J connectivity index is 2.00. The molecule has 1 heterocycles. The van der Waals surface area contributed by atoms with Crippen molar-refractivity contribution < 1.29 is 4.42 Å². The topological polar surface area (TPSA) is 25.2 Å². The molecular weight excluding hydrogens is 234 g/mol. The fourth-order valence-electron chi connectivity index (χ4n) is 1.92. The summed E-state index contributed by atoms with van der Waals surface area (Å²) in [6, 6.07) is 10.4. The molecule has 0 aliphatic carbocycles. The van der Waals surface area contributed by atoms with E-state index >= 15 is 0 Å².